The highest BCUT2D eigenvalue weighted by molar-refractivity contribution is 5.84. The fourth-order valence-corrected chi connectivity index (χ4v) is 1.87. The van der Waals surface area contributed by atoms with Crippen molar-refractivity contribution in [2.45, 2.75) is 13.0 Å². The minimum atomic E-state index is 0.00887. The van der Waals surface area contributed by atoms with Crippen LogP contribution in [0.15, 0.2) is 5.16 Å². The van der Waals surface area contributed by atoms with Gasteiger partial charge in [0.15, 0.2) is 5.84 Å². The van der Waals surface area contributed by atoms with Gasteiger partial charge in [-0.3, -0.25) is 9.80 Å². The Kier molecular flexibility index (Phi) is 5.51. The van der Waals surface area contributed by atoms with Crippen LogP contribution in [0, 0.1) is 0 Å². The summed E-state index contributed by atoms with van der Waals surface area (Å²) in [5.41, 5.74) is 5.59. The normalized spacial score (nSPS) is 22.2. The Morgan fingerprint density at radius 3 is 2.56 bits per heavy atom. The minimum Gasteiger partial charge on any atom is -0.409 e. The number of nitrogens with zero attached hydrogens (tertiary/aromatic N) is 3. The highest BCUT2D eigenvalue weighted by Gasteiger charge is 2.22. The van der Waals surface area contributed by atoms with Crippen molar-refractivity contribution in [3.05, 3.63) is 0 Å². The largest absolute Gasteiger partial charge is 0.409 e. The zero-order valence-electron chi connectivity index (χ0n) is 10.1. The zero-order chi connectivity index (χ0) is 12.0. The standard InChI is InChI=1S/C10H22N4O2/c1-9(10(11)12-15)14-5-3-13(4-6-14)7-8-16-2/h9,15H,3-8H2,1-2H3,(H2,11,12). The lowest BCUT2D eigenvalue weighted by Crippen LogP contribution is -2.53. The Hall–Kier alpha value is -0.850. The summed E-state index contributed by atoms with van der Waals surface area (Å²) in [5.74, 6) is 0.283. The molecule has 1 saturated heterocycles. The maximum absolute atomic E-state index is 8.61. The van der Waals surface area contributed by atoms with E-state index in [1.807, 2.05) is 6.92 Å². The molecule has 1 aliphatic rings. The molecule has 0 saturated carbocycles. The predicted molar refractivity (Wildman–Crippen MR) is 62.8 cm³/mol. The number of hydrogen-bond acceptors (Lipinski definition) is 5. The lowest BCUT2D eigenvalue weighted by atomic mass is 10.2. The van der Waals surface area contributed by atoms with Gasteiger partial charge in [0.05, 0.1) is 12.6 Å². The fourth-order valence-electron chi connectivity index (χ4n) is 1.87. The van der Waals surface area contributed by atoms with E-state index in [1.165, 1.54) is 0 Å². The number of oxime groups is 1. The van der Waals surface area contributed by atoms with Gasteiger partial charge in [-0.05, 0) is 6.92 Å². The topological polar surface area (TPSA) is 74.3 Å². The minimum absolute atomic E-state index is 0.00887. The molecular formula is C10H22N4O2. The lowest BCUT2D eigenvalue weighted by molar-refractivity contribution is 0.0904. The second-order valence-electron chi connectivity index (χ2n) is 4.07. The van der Waals surface area contributed by atoms with Gasteiger partial charge in [0.25, 0.3) is 0 Å². The van der Waals surface area contributed by atoms with Crippen molar-refractivity contribution in [1.29, 1.82) is 0 Å². The molecule has 6 heteroatoms. The molecule has 0 aromatic rings. The number of amidine groups is 1. The summed E-state index contributed by atoms with van der Waals surface area (Å²) in [6, 6.07) is 0.00887. The van der Waals surface area contributed by atoms with Gasteiger partial charge in [0.2, 0.25) is 0 Å². The Labute approximate surface area is 96.6 Å². The molecule has 0 aromatic heterocycles. The van der Waals surface area contributed by atoms with E-state index in [0.717, 1.165) is 39.3 Å². The van der Waals surface area contributed by atoms with E-state index >= 15 is 0 Å². The van der Waals surface area contributed by atoms with Gasteiger partial charge in [-0.25, -0.2) is 0 Å². The number of nitrogens with two attached hydrogens (primary N) is 1. The number of rotatable bonds is 5. The fraction of sp³-hybridized carbons (Fsp3) is 0.900. The molecule has 1 unspecified atom stereocenters. The van der Waals surface area contributed by atoms with E-state index in [-0.39, 0.29) is 11.9 Å². The van der Waals surface area contributed by atoms with Gasteiger partial charge in [-0.15, -0.1) is 0 Å². The first-order valence-electron chi connectivity index (χ1n) is 5.61. The van der Waals surface area contributed by atoms with Crippen molar-refractivity contribution in [2.24, 2.45) is 10.9 Å². The van der Waals surface area contributed by atoms with E-state index in [0.29, 0.717) is 0 Å². The Morgan fingerprint density at radius 1 is 1.44 bits per heavy atom. The maximum atomic E-state index is 8.61. The Morgan fingerprint density at radius 2 is 2.06 bits per heavy atom. The summed E-state index contributed by atoms with van der Waals surface area (Å²) in [5, 5.41) is 11.7. The number of piperazine rings is 1. The maximum Gasteiger partial charge on any atom is 0.156 e. The molecule has 1 heterocycles. The van der Waals surface area contributed by atoms with E-state index in [4.69, 9.17) is 15.7 Å². The Balaban J connectivity index is 2.31. The van der Waals surface area contributed by atoms with Gasteiger partial charge in [0, 0.05) is 39.8 Å². The van der Waals surface area contributed by atoms with Crippen LogP contribution in [-0.4, -0.2) is 73.3 Å². The van der Waals surface area contributed by atoms with Crippen LogP contribution in [0.5, 0.6) is 0 Å². The molecule has 1 rings (SSSR count). The Bertz CT molecular complexity index is 227. The van der Waals surface area contributed by atoms with Gasteiger partial charge in [0.1, 0.15) is 0 Å². The summed E-state index contributed by atoms with van der Waals surface area (Å²) < 4.78 is 5.05. The molecular weight excluding hydrogens is 208 g/mol. The van der Waals surface area contributed by atoms with E-state index in [9.17, 15) is 0 Å². The van der Waals surface area contributed by atoms with E-state index in [2.05, 4.69) is 15.0 Å². The first-order valence-corrected chi connectivity index (χ1v) is 5.61. The number of hydrogen-bond donors (Lipinski definition) is 2. The molecule has 94 valence electrons. The number of ether oxygens (including phenoxy) is 1. The van der Waals surface area contributed by atoms with Crippen molar-refractivity contribution in [3.8, 4) is 0 Å². The van der Waals surface area contributed by atoms with Crippen molar-refractivity contribution >= 4 is 5.84 Å². The molecule has 6 nitrogen and oxygen atoms in total. The van der Waals surface area contributed by atoms with Gasteiger partial charge < -0.3 is 15.7 Å². The van der Waals surface area contributed by atoms with Crippen LogP contribution in [0.3, 0.4) is 0 Å². The van der Waals surface area contributed by atoms with Crippen LogP contribution in [-0.2, 0) is 4.74 Å². The van der Waals surface area contributed by atoms with E-state index < -0.39 is 0 Å². The smallest absolute Gasteiger partial charge is 0.156 e. The molecule has 0 spiro atoms. The van der Waals surface area contributed by atoms with Crippen LogP contribution in [0.2, 0.25) is 0 Å². The molecule has 16 heavy (non-hydrogen) atoms. The highest BCUT2D eigenvalue weighted by atomic mass is 16.5. The van der Waals surface area contributed by atoms with E-state index in [1.54, 1.807) is 7.11 Å². The molecule has 1 aliphatic heterocycles. The average Bonchev–Trinajstić information content (AvgIpc) is 2.35. The molecule has 0 aliphatic carbocycles. The van der Waals surface area contributed by atoms with Gasteiger partial charge in [-0.2, -0.15) is 0 Å². The van der Waals surface area contributed by atoms with Crippen LogP contribution in [0.1, 0.15) is 6.92 Å². The van der Waals surface area contributed by atoms with Crippen LogP contribution in [0.4, 0.5) is 0 Å². The summed E-state index contributed by atoms with van der Waals surface area (Å²) in [7, 11) is 1.72. The second-order valence-corrected chi connectivity index (χ2v) is 4.07. The van der Waals surface area contributed by atoms with Crippen molar-refractivity contribution in [1.82, 2.24) is 9.80 Å². The third kappa shape index (κ3) is 3.62. The molecule has 1 fully saturated rings. The molecule has 3 N–H and O–H groups in total. The van der Waals surface area contributed by atoms with Gasteiger partial charge in [-0.1, -0.05) is 5.16 Å². The van der Waals surface area contributed by atoms with Crippen LogP contribution >= 0.6 is 0 Å². The zero-order valence-corrected chi connectivity index (χ0v) is 10.1. The molecule has 1 atom stereocenters. The first-order chi connectivity index (χ1) is 7.69. The number of methoxy groups -OCH3 is 1. The molecule has 0 amide bonds. The van der Waals surface area contributed by atoms with Crippen molar-refractivity contribution < 1.29 is 9.94 Å². The van der Waals surface area contributed by atoms with Gasteiger partial charge >= 0.3 is 0 Å². The first kappa shape index (κ1) is 13.2. The van der Waals surface area contributed by atoms with Crippen molar-refractivity contribution in [3.63, 3.8) is 0 Å². The predicted octanol–water partition coefficient (Wildman–Crippen LogP) is -0.615. The van der Waals surface area contributed by atoms with Crippen LogP contribution in [0.25, 0.3) is 0 Å². The lowest BCUT2D eigenvalue weighted by Gasteiger charge is -2.37. The summed E-state index contributed by atoms with van der Waals surface area (Å²) in [4.78, 5) is 4.58. The van der Waals surface area contributed by atoms with Crippen molar-refractivity contribution in [2.75, 3.05) is 46.4 Å². The second kappa shape index (κ2) is 6.67. The summed E-state index contributed by atoms with van der Waals surface area (Å²) in [6.07, 6.45) is 0. The summed E-state index contributed by atoms with van der Waals surface area (Å²) >= 11 is 0. The van der Waals surface area contributed by atoms with Crippen LogP contribution < -0.4 is 5.73 Å². The molecule has 0 bridgehead atoms. The SMILES string of the molecule is COCCN1CCN(C(C)C(N)=NO)CC1. The average molecular weight is 230 g/mol. The molecule has 0 aromatic carbocycles. The molecule has 0 radical (unpaired) electrons. The monoisotopic (exact) mass is 230 g/mol. The highest BCUT2D eigenvalue weighted by Crippen LogP contribution is 2.06. The summed E-state index contributed by atoms with van der Waals surface area (Å²) in [6.45, 7) is 7.61. The third-order valence-electron chi connectivity index (χ3n) is 3.11. The quantitative estimate of drug-likeness (QED) is 0.285. The third-order valence-corrected chi connectivity index (χ3v) is 3.11.